The van der Waals surface area contributed by atoms with Gasteiger partial charge >= 0.3 is 5.69 Å². The number of hydrogen-bond acceptors (Lipinski definition) is 7. The second-order valence-electron chi connectivity index (χ2n) is 7.61. The number of nitro groups is 1. The number of carbonyl (C=O) groups excluding carboxylic acids is 1. The third-order valence-corrected chi connectivity index (χ3v) is 6.43. The molecule has 2 aromatic carbocycles. The normalized spacial score (nSPS) is 14.6. The van der Waals surface area contributed by atoms with E-state index in [1.807, 2.05) is 17.0 Å². The molecule has 0 N–H and O–H groups in total. The van der Waals surface area contributed by atoms with Crippen LogP contribution in [0.2, 0.25) is 0 Å². The molecule has 32 heavy (non-hydrogen) atoms. The van der Waals surface area contributed by atoms with E-state index >= 15 is 0 Å². The molecule has 1 aliphatic heterocycles. The third-order valence-electron chi connectivity index (χ3n) is 5.44. The fourth-order valence-corrected chi connectivity index (χ4v) is 4.56. The van der Waals surface area contributed by atoms with Crippen molar-refractivity contribution in [3.63, 3.8) is 0 Å². The summed E-state index contributed by atoms with van der Waals surface area (Å²) in [5.41, 5.74) is 1.98. The summed E-state index contributed by atoms with van der Waals surface area (Å²) in [7, 11) is 3.07. The second-order valence-corrected chi connectivity index (χ2v) is 8.60. The fourth-order valence-electron chi connectivity index (χ4n) is 3.68. The van der Waals surface area contributed by atoms with Gasteiger partial charge < -0.3 is 14.4 Å². The van der Waals surface area contributed by atoms with Crippen LogP contribution < -0.4 is 9.47 Å². The molecule has 8 nitrogen and oxygen atoms in total. The highest BCUT2D eigenvalue weighted by Crippen LogP contribution is 2.29. The summed E-state index contributed by atoms with van der Waals surface area (Å²) >= 11 is 1.48. The molecule has 0 saturated carbocycles. The number of methoxy groups -OCH3 is 2. The van der Waals surface area contributed by atoms with Crippen LogP contribution in [0, 0.1) is 10.1 Å². The van der Waals surface area contributed by atoms with Gasteiger partial charge in [-0.15, -0.1) is 11.8 Å². The van der Waals surface area contributed by atoms with Crippen LogP contribution in [0.5, 0.6) is 11.5 Å². The largest absolute Gasteiger partial charge is 0.497 e. The van der Waals surface area contributed by atoms with Crippen LogP contribution in [0.3, 0.4) is 0 Å². The van der Waals surface area contributed by atoms with Crippen molar-refractivity contribution in [1.29, 1.82) is 0 Å². The lowest BCUT2D eigenvalue weighted by Gasteiger charge is -2.22. The van der Waals surface area contributed by atoms with Gasteiger partial charge in [0.1, 0.15) is 5.75 Å². The molecule has 1 amide bonds. The molecule has 0 atom stereocenters. The topological polar surface area (TPSA) is 85.2 Å². The molecule has 0 bridgehead atoms. The van der Waals surface area contributed by atoms with Gasteiger partial charge in [0.05, 0.1) is 24.9 Å². The van der Waals surface area contributed by atoms with Crippen LogP contribution in [-0.4, -0.2) is 66.8 Å². The first-order valence-corrected chi connectivity index (χ1v) is 11.7. The van der Waals surface area contributed by atoms with Gasteiger partial charge in [0, 0.05) is 44.5 Å². The quantitative estimate of drug-likeness (QED) is 0.419. The summed E-state index contributed by atoms with van der Waals surface area (Å²) in [5.74, 6) is 2.10. The van der Waals surface area contributed by atoms with E-state index in [0.717, 1.165) is 43.9 Å². The smallest absolute Gasteiger partial charge is 0.311 e. The van der Waals surface area contributed by atoms with E-state index in [2.05, 4.69) is 17.0 Å². The van der Waals surface area contributed by atoms with Crippen LogP contribution in [-0.2, 0) is 17.1 Å². The maximum atomic E-state index is 12.7. The third kappa shape index (κ3) is 6.61. The van der Waals surface area contributed by atoms with Crippen molar-refractivity contribution in [3.05, 3.63) is 63.7 Å². The minimum Gasteiger partial charge on any atom is -0.497 e. The van der Waals surface area contributed by atoms with E-state index in [1.54, 1.807) is 19.2 Å². The number of rotatable bonds is 9. The Morgan fingerprint density at radius 1 is 1.03 bits per heavy atom. The molecule has 0 radical (unpaired) electrons. The first-order valence-electron chi connectivity index (χ1n) is 10.5. The number of benzene rings is 2. The zero-order valence-electron chi connectivity index (χ0n) is 18.5. The van der Waals surface area contributed by atoms with E-state index in [0.29, 0.717) is 18.1 Å². The van der Waals surface area contributed by atoms with Gasteiger partial charge in [-0.3, -0.25) is 19.8 Å². The van der Waals surface area contributed by atoms with Gasteiger partial charge in [-0.2, -0.15) is 0 Å². The zero-order valence-corrected chi connectivity index (χ0v) is 19.3. The average molecular weight is 460 g/mol. The molecule has 0 unspecified atom stereocenters. The Morgan fingerprint density at radius 3 is 2.47 bits per heavy atom. The van der Waals surface area contributed by atoms with Gasteiger partial charge in [-0.25, -0.2) is 0 Å². The monoisotopic (exact) mass is 459 g/mol. The lowest BCUT2D eigenvalue weighted by Crippen LogP contribution is -2.36. The number of carbonyl (C=O) groups is 1. The lowest BCUT2D eigenvalue weighted by atomic mass is 10.2. The number of thioether (sulfide) groups is 1. The highest BCUT2D eigenvalue weighted by molar-refractivity contribution is 7.99. The zero-order chi connectivity index (χ0) is 22.9. The Kier molecular flexibility index (Phi) is 8.75. The maximum Gasteiger partial charge on any atom is 0.311 e. The van der Waals surface area contributed by atoms with E-state index in [1.165, 1.54) is 30.5 Å². The van der Waals surface area contributed by atoms with Crippen molar-refractivity contribution < 1.29 is 19.2 Å². The van der Waals surface area contributed by atoms with Gasteiger partial charge in [0.15, 0.2) is 5.75 Å². The van der Waals surface area contributed by atoms with Crippen molar-refractivity contribution in [2.45, 2.75) is 18.7 Å². The van der Waals surface area contributed by atoms with Gasteiger partial charge in [-0.05, 0) is 35.7 Å². The number of amides is 1. The number of ether oxygens (including phenoxy) is 2. The van der Waals surface area contributed by atoms with Crippen LogP contribution in [0.1, 0.15) is 17.5 Å². The summed E-state index contributed by atoms with van der Waals surface area (Å²) in [6.45, 7) is 4.12. The van der Waals surface area contributed by atoms with Crippen molar-refractivity contribution in [2.24, 2.45) is 0 Å². The molecular formula is C23H29N3O5S. The highest BCUT2D eigenvalue weighted by atomic mass is 32.2. The van der Waals surface area contributed by atoms with Crippen LogP contribution in [0.25, 0.3) is 0 Å². The average Bonchev–Trinajstić information content (AvgIpc) is 3.05. The van der Waals surface area contributed by atoms with Gasteiger partial charge in [0.25, 0.3) is 0 Å². The molecular weight excluding hydrogens is 430 g/mol. The molecule has 1 heterocycles. The van der Waals surface area contributed by atoms with Crippen molar-refractivity contribution in [3.8, 4) is 11.5 Å². The second kappa shape index (κ2) is 11.7. The van der Waals surface area contributed by atoms with Gasteiger partial charge in [0.2, 0.25) is 5.91 Å². The van der Waals surface area contributed by atoms with Crippen molar-refractivity contribution >= 4 is 23.4 Å². The molecule has 1 aliphatic rings. The van der Waals surface area contributed by atoms with Crippen LogP contribution >= 0.6 is 11.8 Å². The first kappa shape index (κ1) is 23.9. The molecule has 172 valence electrons. The molecule has 0 aliphatic carbocycles. The summed E-state index contributed by atoms with van der Waals surface area (Å²) in [4.78, 5) is 27.7. The molecule has 9 heteroatoms. The Morgan fingerprint density at radius 2 is 1.78 bits per heavy atom. The molecule has 0 spiro atoms. The standard InChI is InChI=1S/C23H29N3O5S/c1-30-20-7-4-18(5-8-20)15-24-10-3-11-25(13-12-24)23(27)17-32-16-19-6-9-22(31-2)21(14-19)26(28)29/h4-9,14H,3,10-13,15-17H2,1-2H3. The predicted octanol–water partition coefficient (Wildman–Crippen LogP) is 3.58. The fraction of sp³-hybridized carbons (Fsp3) is 0.435. The summed E-state index contributed by atoms with van der Waals surface area (Å²) in [6.07, 6.45) is 0.942. The summed E-state index contributed by atoms with van der Waals surface area (Å²) in [5, 5.41) is 11.2. The molecule has 2 aromatic rings. The summed E-state index contributed by atoms with van der Waals surface area (Å²) in [6, 6.07) is 13.0. The molecule has 0 aromatic heterocycles. The Balaban J connectivity index is 1.45. The minimum absolute atomic E-state index is 0.0543. The van der Waals surface area contributed by atoms with E-state index in [9.17, 15) is 14.9 Å². The highest BCUT2D eigenvalue weighted by Gasteiger charge is 2.20. The van der Waals surface area contributed by atoms with E-state index < -0.39 is 4.92 Å². The summed E-state index contributed by atoms with van der Waals surface area (Å²) < 4.78 is 10.2. The predicted molar refractivity (Wildman–Crippen MR) is 125 cm³/mol. The Bertz CT molecular complexity index is 922. The first-order chi connectivity index (χ1) is 15.5. The SMILES string of the molecule is COc1ccc(CN2CCCN(C(=O)CSCc3ccc(OC)c([N+](=O)[O-])c3)CC2)cc1. The van der Waals surface area contributed by atoms with Crippen molar-refractivity contribution in [2.75, 3.05) is 46.2 Å². The number of nitro benzene ring substituents is 1. The number of nitrogens with zero attached hydrogens (tertiary/aromatic N) is 3. The number of hydrogen-bond donors (Lipinski definition) is 0. The molecule has 1 fully saturated rings. The Labute approximate surface area is 192 Å². The van der Waals surface area contributed by atoms with E-state index in [-0.39, 0.29) is 17.3 Å². The molecule has 3 rings (SSSR count). The van der Waals surface area contributed by atoms with Gasteiger partial charge in [-0.1, -0.05) is 18.2 Å². The minimum atomic E-state index is -0.451. The van der Waals surface area contributed by atoms with Crippen LogP contribution in [0.4, 0.5) is 5.69 Å². The van der Waals surface area contributed by atoms with Crippen LogP contribution in [0.15, 0.2) is 42.5 Å². The van der Waals surface area contributed by atoms with Crippen molar-refractivity contribution in [1.82, 2.24) is 9.80 Å². The Hall–Kier alpha value is -2.78. The lowest BCUT2D eigenvalue weighted by molar-refractivity contribution is -0.385. The maximum absolute atomic E-state index is 12.7. The van der Waals surface area contributed by atoms with E-state index in [4.69, 9.17) is 9.47 Å². The molecule has 1 saturated heterocycles.